The number of nitrogens with zero attached hydrogens (tertiary/aromatic N) is 2. The Morgan fingerprint density at radius 3 is 2.74 bits per heavy atom. The Bertz CT molecular complexity index is 783. The van der Waals surface area contributed by atoms with Gasteiger partial charge in [-0.3, -0.25) is 14.2 Å². The summed E-state index contributed by atoms with van der Waals surface area (Å²) in [5.74, 6) is -0.104. The third kappa shape index (κ3) is 3.82. The lowest BCUT2D eigenvalue weighted by Gasteiger charge is -2.18. The van der Waals surface area contributed by atoms with Crippen LogP contribution in [-0.4, -0.2) is 27.3 Å². The van der Waals surface area contributed by atoms with Crippen molar-refractivity contribution in [2.75, 3.05) is 6.54 Å². The summed E-state index contributed by atoms with van der Waals surface area (Å²) in [5.41, 5.74) is 0.572. The second-order valence-electron chi connectivity index (χ2n) is 5.47. The van der Waals surface area contributed by atoms with Crippen molar-refractivity contribution in [3.63, 3.8) is 0 Å². The number of hydrogen-bond donors (Lipinski definition) is 1. The average Bonchev–Trinajstić information content (AvgIpc) is 2.52. The zero-order valence-corrected chi connectivity index (χ0v) is 14.4. The van der Waals surface area contributed by atoms with E-state index in [-0.39, 0.29) is 22.8 Å². The molecule has 0 aliphatic heterocycles. The van der Waals surface area contributed by atoms with Gasteiger partial charge in [0, 0.05) is 12.6 Å². The smallest absolute Gasteiger partial charge is 0.262 e. The Hall–Kier alpha value is -2.08. The van der Waals surface area contributed by atoms with Crippen LogP contribution in [0, 0.1) is 0 Å². The summed E-state index contributed by atoms with van der Waals surface area (Å²) in [7, 11) is 0. The van der Waals surface area contributed by atoms with Crippen LogP contribution in [-0.2, 0) is 4.79 Å². The topological polar surface area (TPSA) is 64.0 Å². The number of thioether (sulfide) groups is 1. The van der Waals surface area contributed by atoms with Crippen molar-refractivity contribution in [3.05, 3.63) is 47.3 Å². The van der Waals surface area contributed by atoms with Crippen LogP contribution in [0.3, 0.4) is 0 Å². The number of fused-ring (bicyclic) bond motifs is 1. The molecule has 2 aromatic rings. The summed E-state index contributed by atoms with van der Waals surface area (Å²) < 4.78 is 1.64. The van der Waals surface area contributed by atoms with Gasteiger partial charge in [-0.05, 0) is 32.9 Å². The molecule has 0 saturated carbocycles. The maximum atomic E-state index is 12.7. The van der Waals surface area contributed by atoms with Gasteiger partial charge in [-0.2, -0.15) is 0 Å². The van der Waals surface area contributed by atoms with Crippen molar-refractivity contribution >= 4 is 28.6 Å². The van der Waals surface area contributed by atoms with Gasteiger partial charge in [-0.15, -0.1) is 6.58 Å². The molecular weight excluding hydrogens is 310 g/mol. The van der Waals surface area contributed by atoms with Crippen LogP contribution in [0.4, 0.5) is 0 Å². The van der Waals surface area contributed by atoms with Crippen LogP contribution in [0.2, 0.25) is 0 Å². The van der Waals surface area contributed by atoms with Gasteiger partial charge in [0.25, 0.3) is 5.56 Å². The summed E-state index contributed by atoms with van der Waals surface area (Å²) in [6.45, 7) is 9.67. The third-order valence-corrected chi connectivity index (χ3v) is 4.43. The van der Waals surface area contributed by atoms with E-state index in [2.05, 4.69) is 16.9 Å². The van der Waals surface area contributed by atoms with E-state index in [0.717, 1.165) is 0 Å². The quantitative estimate of drug-likeness (QED) is 0.502. The van der Waals surface area contributed by atoms with Crippen molar-refractivity contribution in [2.24, 2.45) is 0 Å². The number of rotatable bonds is 6. The minimum absolute atomic E-state index is 0.0365. The van der Waals surface area contributed by atoms with Crippen LogP contribution in [0.15, 0.2) is 46.9 Å². The molecule has 2 rings (SSSR count). The highest BCUT2D eigenvalue weighted by Crippen LogP contribution is 2.24. The number of nitrogens with one attached hydrogen (secondary N) is 1. The molecule has 0 aliphatic rings. The molecule has 5 nitrogen and oxygen atoms in total. The molecule has 1 atom stereocenters. The molecule has 1 N–H and O–H groups in total. The van der Waals surface area contributed by atoms with Gasteiger partial charge in [0.05, 0.1) is 16.2 Å². The zero-order valence-electron chi connectivity index (χ0n) is 13.6. The Morgan fingerprint density at radius 2 is 2.09 bits per heavy atom. The van der Waals surface area contributed by atoms with Crippen LogP contribution in [0.1, 0.15) is 26.8 Å². The molecule has 1 heterocycles. The highest BCUT2D eigenvalue weighted by Gasteiger charge is 2.20. The van der Waals surface area contributed by atoms with E-state index >= 15 is 0 Å². The first-order chi connectivity index (χ1) is 11.0. The van der Waals surface area contributed by atoms with Gasteiger partial charge in [0.1, 0.15) is 0 Å². The van der Waals surface area contributed by atoms with Crippen LogP contribution in [0.25, 0.3) is 10.9 Å². The van der Waals surface area contributed by atoms with Gasteiger partial charge in [-0.25, -0.2) is 4.98 Å². The van der Waals surface area contributed by atoms with Gasteiger partial charge in [0.15, 0.2) is 5.16 Å². The second kappa shape index (κ2) is 7.46. The largest absolute Gasteiger partial charge is 0.352 e. The Kier molecular flexibility index (Phi) is 5.60. The number of para-hydroxylation sites is 1. The zero-order chi connectivity index (χ0) is 17.0. The lowest BCUT2D eigenvalue weighted by atomic mass is 10.2. The maximum absolute atomic E-state index is 12.7. The summed E-state index contributed by atoms with van der Waals surface area (Å²) in [4.78, 5) is 29.3. The summed E-state index contributed by atoms with van der Waals surface area (Å²) >= 11 is 1.29. The molecule has 1 unspecified atom stereocenters. The maximum Gasteiger partial charge on any atom is 0.262 e. The predicted octanol–water partition coefficient (Wildman–Crippen LogP) is 2.76. The molecule has 0 aliphatic carbocycles. The van der Waals surface area contributed by atoms with Crippen LogP contribution in [0.5, 0.6) is 0 Å². The van der Waals surface area contributed by atoms with Crippen molar-refractivity contribution < 1.29 is 4.79 Å². The van der Waals surface area contributed by atoms with E-state index in [1.807, 2.05) is 32.0 Å². The molecule has 0 bridgehead atoms. The monoisotopic (exact) mass is 331 g/mol. The van der Waals surface area contributed by atoms with E-state index in [0.29, 0.717) is 22.6 Å². The van der Waals surface area contributed by atoms with Crippen molar-refractivity contribution in [1.29, 1.82) is 0 Å². The number of carbonyl (C=O) groups excluding carboxylic acids is 1. The SMILES string of the molecule is C=CCNC(=O)C(C)Sc1nc2ccccc2c(=O)n1C(C)C. The predicted molar refractivity (Wildman–Crippen MR) is 94.9 cm³/mol. The lowest BCUT2D eigenvalue weighted by molar-refractivity contribution is -0.120. The third-order valence-electron chi connectivity index (χ3n) is 3.36. The van der Waals surface area contributed by atoms with Gasteiger partial charge in [-0.1, -0.05) is 30.0 Å². The molecule has 0 radical (unpaired) electrons. The molecular formula is C17H21N3O2S. The fourth-order valence-corrected chi connectivity index (χ4v) is 3.26. The molecule has 6 heteroatoms. The molecule has 1 amide bonds. The average molecular weight is 331 g/mol. The van der Waals surface area contributed by atoms with E-state index in [1.165, 1.54) is 11.8 Å². The Morgan fingerprint density at radius 1 is 1.39 bits per heavy atom. The summed E-state index contributed by atoms with van der Waals surface area (Å²) in [6, 6.07) is 7.23. The number of carbonyl (C=O) groups is 1. The van der Waals surface area contributed by atoms with Crippen molar-refractivity contribution in [2.45, 2.75) is 37.2 Å². The molecule has 0 saturated heterocycles. The normalized spacial score (nSPS) is 12.3. The molecule has 0 fully saturated rings. The van der Waals surface area contributed by atoms with Crippen molar-refractivity contribution in [1.82, 2.24) is 14.9 Å². The lowest BCUT2D eigenvalue weighted by Crippen LogP contribution is -2.32. The fourth-order valence-electron chi connectivity index (χ4n) is 2.19. The number of benzene rings is 1. The number of aromatic nitrogens is 2. The van der Waals surface area contributed by atoms with E-state index < -0.39 is 0 Å². The first-order valence-electron chi connectivity index (χ1n) is 7.52. The van der Waals surface area contributed by atoms with Crippen LogP contribution >= 0.6 is 11.8 Å². The van der Waals surface area contributed by atoms with E-state index in [9.17, 15) is 9.59 Å². The summed E-state index contributed by atoms with van der Waals surface area (Å²) in [6.07, 6.45) is 1.63. The first kappa shape index (κ1) is 17.3. The van der Waals surface area contributed by atoms with Gasteiger partial charge < -0.3 is 5.32 Å². The number of amides is 1. The fraction of sp³-hybridized carbons (Fsp3) is 0.353. The highest BCUT2D eigenvalue weighted by atomic mass is 32.2. The molecule has 1 aromatic heterocycles. The highest BCUT2D eigenvalue weighted by molar-refractivity contribution is 8.00. The molecule has 1 aromatic carbocycles. The first-order valence-corrected chi connectivity index (χ1v) is 8.40. The Balaban J connectivity index is 2.43. The standard InChI is InChI=1S/C17H21N3O2S/c1-5-10-18-15(21)12(4)23-17-19-14-9-7-6-8-13(14)16(22)20(17)11(2)3/h5-9,11-12H,1,10H2,2-4H3,(H,18,21). The molecule has 0 spiro atoms. The molecule has 122 valence electrons. The second-order valence-corrected chi connectivity index (χ2v) is 6.78. The number of hydrogen-bond acceptors (Lipinski definition) is 4. The van der Waals surface area contributed by atoms with Gasteiger partial charge >= 0.3 is 0 Å². The van der Waals surface area contributed by atoms with Gasteiger partial charge in [0.2, 0.25) is 5.91 Å². The van der Waals surface area contributed by atoms with E-state index in [1.54, 1.807) is 23.6 Å². The minimum Gasteiger partial charge on any atom is -0.352 e. The Labute approximate surface area is 139 Å². The minimum atomic E-state index is -0.354. The van der Waals surface area contributed by atoms with Crippen molar-refractivity contribution in [3.8, 4) is 0 Å². The van der Waals surface area contributed by atoms with Crippen LogP contribution < -0.4 is 10.9 Å². The summed E-state index contributed by atoms with van der Waals surface area (Å²) in [5, 5.41) is 3.56. The molecule has 23 heavy (non-hydrogen) atoms. The van der Waals surface area contributed by atoms with E-state index in [4.69, 9.17) is 0 Å².